The summed E-state index contributed by atoms with van der Waals surface area (Å²) in [6, 6.07) is 6.13. The lowest BCUT2D eigenvalue weighted by molar-refractivity contribution is 0.112. The quantitative estimate of drug-likeness (QED) is 0.689. The Morgan fingerprint density at radius 3 is 2.69 bits per heavy atom. The molecular weight excluding hydrogens is 200 g/mol. The SMILES string of the molecule is Cc1ccc(-c2cc(C=O)cs2)s1. The van der Waals surface area contributed by atoms with Crippen LogP contribution in [0.2, 0.25) is 0 Å². The Labute approximate surface area is 84.7 Å². The van der Waals surface area contributed by atoms with Crippen molar-refractivity contribution in [2.24, 2.45) is 0 Å². The highest BCUT2D eigenvalue weighted by molar-refractivity contribution is 7.21. The summed E-state index contributed by atoms with van der Waals surface area (Å²) in [7, 11) is 0. The van der Waals surface area contributed by atoms with Gasteiger partial charge in [0.2, 0.25) is 0 Å². The Morgan fingerprint density at radius 1 is 1.31 bits per heavy atom. The molecule has 13 heavy (non-hydrogen) atoms. The average molecular weight is 208 g/mol. The molecule has 0 radical (unpaired) electrons. The monoisotopic (exact) mass is 208 g/mol. The molecule has 66 valence electrons. The van der Waals surface area contributed by atoms with E-state index < -0.39 is 0 Å². The number of carbonyl (C=O) groups excluding carboxylic acids is 1. The van der Waals surface area contributed by atoms with Crippen LogP contribution in [0.1, 0.15) is 15.2 Å². The van der Waals surface area contributed by atoms with Crippen LogP contribution in [0, 0.1) is 6.92 Å². The molecule has 3 heteroatoms. The van der Waals surface area contributed by atoms with E-state index >= 15 is 0 Å². The second-order valence-corrected chi connectivity index (χ2v) is 4.97. The highest BCUT2D eigenvalue weighted by Crippen LogP contribution is 2.32. The Morgan fingerprint density at radius 2 is 2.15 bits per heavy atom. The van der Waals surface area contributed by atoms with Gasteiger partial charge in [-0.2, -0.15) is 0 Å². The second-order valence-electron chi connectivity index (χ2n) is 2.77. The molecule has 0 aromatic carbocycles. The molecule has 0 spiro atoms. The maximum Gasteiger partial charge on any atom is 0.150 e. The molecule has 0 saturated heterocycles. The Hall–Kier alpha value is -0.930. The van der Waals surface area contributed by atoms with Gasteiger partial charge < -0.3 is 0 Å². The number of thiophene rings is 2. The molecule has 0 aliphatic carbocycles. The molecule has 0 unspecified atom stereocenters. The first-order valence-electron chi connectivity index (χ1n) is 3.90. The normalized spacial score (nSPS) is 10.2. The van der Waals surface area contributed by atoms with Crippen molar-refractivity contribution >= 4 is 29.0 Å². The summed E-state index contributed by atoms with van der Waals surface area (Å²) in [6.07, 6.45) is 0.889. The van der Waals surface area contributed by atoms with E-state index in [0.717, 1.165) is 11.8 Å². The first-order chi connectivity index (χ1) is 6.29. The first-order valence-corrected chi connectivity index (χ1v) is 5.60. The van der Waals surface area contributed by atoms with Crippen molar-refractivity contribution in [3.63, 3.8) is 0 Å². The molecule has 0 saturated carbocycles. The van der Waals surface area contributed by atoms with Crippen molar-refractivity contribution in [1.29, 1.82) is 0 Å². The van der Waals surface area contributed by atoms with Gasteiger partial charge >= 0.3 is 0 Å². The van der Waals surface area contributed by atoms with Crippen LogP contribution < -0.4 is 0 Å². The van der Waals surface area contributed by atoms with Crippen molar-refractivity contribution in [3.8, 4) is 9.75 Å². The van der Waals surface area contributed by atoms with Crippen molar-refractivity contribution in [2.45, 2.75) is 6.92 Å². The summed E-state index contributed by atoms with van der Waals surface area (Å²) >= 11 is 3.38. The summed E-state index contributed by atoms with van der Waals surface area (Å²) in [6.45, 7) is 2.09. The van der Waals surface area contributed by atoms with Crippen LogP contribution in [0.15, 0.2) is 23.6 Å². The molecule has 2 aromatic heterocycles. The fourth-order valence-corrected chi connectivity index (χ4v) is 2.93. The third-order valence-corrected chi connectivity index (χ3v) is 3.88. The number of carbonyl (C=O) groups is 1. The van der Waals surface area contributed by atoms with Crippen molar-refractivity contribution in [2.75, 3.05) is 0 Å². The van der Waals surface area contributed by atoms with Gasteiger partial charge in [0, 0.05) is 25.6 Å². The van der Waals surface area contributed by atoms with E-state index in [1.807, 2.05) is 11.4 Å². The van der Waals surface area contributed by atoms with Crippen molar-refractivity contribution in [3.05, 3.63) is 34.0 Å². The van der Waals surface area contributed by atoms with E-state index in [9.17, 15) is 4.79 Å². The molecule has 0 bridgehead atoms. The molecule has 1 nitrogen and oxygen atoms in total. The number of hydrogen-bond acceptors (Lipinski definition) is 3. The topological polar surface area (TPSA) is 17.1 Å². The van der Waals surface area contributed by atoms with Gasteiger partial charge in [-0.25, -0.2) is 0 Å². The molecule has 0 amide bonds. The van der Waals surface area contributed by atoms with Crippen LogP contribution >= 0.6 is 22.7 Å². The van der Waals surface area contributed by atoms with Crippen LogP contribution in [0.3, 0.4) is 0 Å². The minimum absolute atomic E-state index is 0.769. The van der Waals surface area contributed by atoms with Crippen molar-refractivity contribution < 1.29 is 4.79 Å². The average Bonchev–Trinajstić information content (AvgIpc) is 2.71. The summed E-state index contributed by atoms with van der Waals surface area (Å²) in [5, 5.41) is 1.89. The van der Waals surface area contributed by atoms with E-state index in [4.69, 9.17) is 0 Å². The lowest BCUT2D eigenvalue weighted by Gasteiger charge is -1.86. The van der Waals surface area contributed by atoms with E-state index in [2.05, 4.69) is 19.1 Å². The molecule has 0 aliphatic rings. The van der Waals surface area contributed by atoms with Gasteiger partial charge in [0.25, 0.3) is 0 Å². The summed E-state index contributed by atoms with van der Waals surface area (Å²) in [5.74, 6) is 0. The molecule has 2 rings (SSSR count). The minimum atomic E-state index is 0.769. The zero-order valence-corrected chi connectivity index (χ0v) is 8.74. The van der Waals surface area contributed by atoms with Crippen LogP contribution in [0.4, 0.5) is 0 Å². The van der Waals surface area contributed by atoms with E-state index in [-0.39, 0.29) is 0 Å². The third kappa shape index (κ3) is 1.71. The number of aldehydes is 1. The Balaban J connectivity index is 2.40. The predicted octanol–water partition coefficient (Wildman–Crippen LogP) is 3.60. The smallest absolute Gasteiger partial charge is 0.150 e. The number of hydrogen-bond donors (Lipinski definition) is 0. The molecule has 2 heterocycles. The predicted molar refractivity (Wildman–Crippen MR) is 57.8 cm³/mol. The molecule has 0 aliphatic heterocycles. The van der Waals surface area contributed by atoms with Gasteiger partial charge in [-0.15, -0.1) is 22.7 Å². The Bertz CT molecular complexity index is 426. The zero-order chi connectivity index (χ0) is 9.26. The summed E-state index contributed by atoms with van der Waals surface area (Å²) in [4.78, 5) is 14.2. The number of aryl methyl sites for hydroxylation is 1. The van der Waals surface area contributed by atoms with Gasteiger partial charge in [-0.1, -0.05) is 0 Å². The maximum atomic E-state index is 10.5. The zero-order valence-electron chi connectivity index (χ0n) is 7.11. The molecule has 2 aromatic rings. The first kappa shape index (κ1) is 8.66. The van der Waals surface area contributed by atoms with Crippen molar-refractivity contribution in [1.82, 2.24) is 0 Å². The largest absolute Gasteiger partial charge is 0.298 e. The number of rotatable bonds is 2. The Kier molecular flexibility index (Phi) is 2.29. The third-order valence-electron chi connectivity index (χ3n) is 1.74. The molecule has 0 atom stereocenters. The van der Waals surface area contributed by atoms with E-state index in [1.165, 1.54) is 14.6 Å². The van der Waals surface area contributed by atoms with Gasteiger partial charge in [0.1, 0.15) is 0 Å². The van der Waals surface area contributed by atoms with E-state index in [0.29, 0.717) is 0 Å². The van der Waals surface area contributed by atoms with Crippen LogP contribution in [0.25, 0.3) is 9.75 Å². The molecular formula is C10H8OS2. The standard InChI is InChI=1S/C10H8OS2/c1-7-2-3-9(13-7)10-4-8(5-11)6-12-10/h2-6H,1H3. The van der Waals surface area contributed by atoms with Crippen LogP contribution in [0.5, 0.6) is 0 Å². The van der Waals surface area contributed by atoms with Crippen LogP contribution in [-0.2, 0) is 0 Å². The highest BCUT2D eigenvalue weighted by Gasteiger charge is 2.03. The molecule has 0 N–H and O–H groups in total. The van der Waals surface area contributed by atoms with Gasteiger partial charge in [0.05, 0.1) is 0 Å². The van der Waals surface area contributed by atoms with Gasteiger partial charge in [-0.05, 0) is 25.1 Å². The maximum absolute atomic E-state index is 10.5. The lowest BCUT2D eigenvalue weighted by Crippen LogP contribution is -1.67. The summed E-state index contributed by atoms with van der Waals surface area (Å²) in [5.41, 5.74) is 0.769. The highest BCUT2D eigenvalue weighted by atomic mass is 32.1. The van der Waals surface area contributed by atoms with Crippen LogP contribution in [-0.4, -0.2) is 6.29 Å². The molecule has 0 fully saturated rings. The fraction of sp³-hybridized carbons (Fsp3) is 0.100. The minimum Gasteiger partial charge on any atom is -0.298 e. The van der Waals surface area contributed by atoms with Gasteiger partial charge in [0.15, 0.2) is 6.29 Å². The van der Waals surface area contributed by atoms with Gasteiger partial charge in [-0.3, -0.25) is 4.79 Å². The second kappa shape index (κ2) is 3.44. The summed E-state index contributed by atoms with van der Waals surface area (Å²) < 4.78 is 0. The van der Waals surface area contributed by atoms with E-state index in [1.54, 1.807) is 22.7 Å². The fourth-order valence-electron chi connectivity index (χ4n) is 1.11. The lowest BCUT2D eigenvalue weighted by atomic mass is 10.3.